The monoisotopic (exact) mass is 260 g/mol. The first kappa shape index (κ1) is 13.5. The Morgan fingerprint density at radius 3 is 2.56 bits per heavy atom. The van der Waals surface area contributed by atoms with E-state index in [1.165, 1.54) is 0 Å². The Hall–Kier alpha value is -0.540. The lowest BCUT2D eigenvalue weighted by molar-refractivity contribution is 0.591. The Balaban J connectivity index is 2.64. The van der Waals surface area contributed by atoms with E-state index in [9.17, 15) is 8.42 Å². The van der Waals surface area contributed by atoms with Gasteiger partial charge < -0.3 is 0 Å². The molecule has 2 nitrogen and oxygen atoms in total. The topological polar surface area (TPSA) is 34.1 Å². The molecule has 0 radical (unpaired) electrons. The molecule has 0 aromatic heterocycles. The van der Waals surface area contributed by atoms with Gasteiger partial charge in [0.1, 0.15) is 0 Å². The maximum Gasteiger partial charge on any atom is 0.178 e. The van der Waals surface area contributed by atoms with Gasteiger partial charge in [0, 0.05) is 5.88 Å². The largest absolute Gasteiger partial charge is 0.224 e. The van der Waals surface area contributed by atoms with Crippen LogP contribution in [0.2, 0.25) is 0 Å². The first-order valence-electron chi connectivity index (χ1n) is 5.41. The smallest absolute Gasteiger partial charge is 0.178 e. The van der Waals surface area contributed by atoms with Crippen molar-refractivity contribution < 1.29 is 8.42 Å². The fourth-order valence-corrected chi connectivity index (χ4v) is 3.15. The average Bonchev–Trinajstić information content (AvgIpc) is 2.24. The molecular formula is C12H17ClO2S. The highest BCUT2D eigenvalue weighted by molar-refractivity contribution is 7.91. The molecule has 0 aliphatic rings. The van der Waals surface area contributed by atoms with Gasteiger partial charge in [-0.05, 0) is 37.5 Å². The van der Waals surface area contributed by atoms with Crippen molar-refractivity contribution in [3.05, 3.63) is 29.8 Å². The summed E-state index contributed by atoms with van der Waals surface area (Å²) in [6.07, 6.45) is 2.43. The second-order valence-corrected chi connectivity index (χ2v) is 6.37. The molecule has 0 aliphatic carbocycles. The maximum atomic E-state index is 11.9. The molecule has 0 saturated heterocycles. The van der Waals surface area contributed by atoms with Crippen molar-refractivity contribution in [1.29, 1.82) is 0 Å². The SMILES string of the molecule is Cc1cccc(S(=O)(=O)CCCCCCl)c1. The molecule has 0 atom stereocenters. The van der Waals surface area contributed by atoms with Crippen LogP contribution in [0.25, 0.3) is 0 Å². The van der Waals surface area contributed by atoms with E-state index in [0.29, 0.717) is 17.2 Å². The van der Waals surface area contributed by atoms with Crippen LogP contribution < -0.4 is 0 Å². The molecule has 0 unspecified atom stereocenters. The summed E-state index contributed by atoms with van der Waals surface area (Å²) in [6, 6.07) is 7.05. The number of unbranched alkanes of at least 4 members (excludes halogenated alkanes) is 2. The van der Waals surface area contributed by atoms with Gasteiger partial charge in [-0.1, -0.05) is 18.6 Å². The Kier molecular flexibility index (Phi) is 5.29. The second kappa shape index (κ2) is 6.26. The van der Waals surface area contributed by atoms with E-state index in [-0.39, 0.29) is 5.75 Å². The summed E-state index contributed by atoms with van der Waals surface area (Å²) in [7, 11) is -3.11. The Labute approximate surface area is 103 Å². The van der Waals surface area contributed by atoms with Crippen molar-refractivity contribution in [1.82, 2.24) is 0 Å². The summed E-state index contributed by atoms with van der Waals surface area (Å²) < 4.78 is 23.8. The number of hydrogen-bond acceptors (Lipinski definition) is 2. The predicted molar refractivity (Wildman–Crippen MR) is 67.8 cm³/mol. The summed E-state index contributed by atoms with van der Waals surface area (Å²) in [4.78, 5) is 0.429. The molecule has 0 aliphatic heterocycles. The third-order valence-corrected chi connectivity index (χ3v) is 4.46. The summed E-state index contributed by atoms with van der Waals surface area (Å²) in [5, 5.41) is 0. The molecule has 0 spiro atoms. The normalized spacial score (nSPS) is 11.6. The van der Waals surface area contributed by atoms with Crippen LogP contribution in [0.3, 0.4) is 0 Å². The van der Waals surface area contributed by atoms with E-state index >= 15 is 0 Å². The van der Waals surface area contributed by atoms with Gasteiger partial charge in [-0.25, -0.2) is 8.42 Å². The lowest BCUT2D eigenvalue weighted by Crippen LogP contribution is -2.07. The first-order valence-corrected chi connectivity index (χ1v) is 7.60. The van der Waals surface area contributed by atoms with Crippen molar-refractivity contribution in [2.24, 2.45) is 0 Å². The van der Waals surface area contributed by atoms with Gasteiger partial charge in [-0.15, -0.1) is 11.6 Å². The number of aryl methyl sites for hydroxylation is 1. The first-order chi connectivity index (χ1) is 7.56. The number of alkyl halides is 1. The summed E-state index contributed by atoms with van der Waals surface area (Å²) in [6.45, 7) is 1.90. The van der Waals surface area contributed by atoms with Gasteiger partial charge in [-0.2, -0.15) is 0 Å². The molecule has 16 heavy (non-hydrogen) atoms. The Morgan fingerprint density at radius 2 is 1.94 bits per heavy atom. The lowest BCUT2D eigenvalue weighted by atomic mass is 10.2. The third kappa shape index (κ3) is 4.14. The van der Waals surface area contributed by atoms with Crippen LogP contribution in [-0.4, -0.2) is 20.1 Å². The van der Waals surface area contributed by atoms with Crippen LogP contribution in [0, 0.1) is 6.92 Å². The number of benzene rings is 1. The van der Waals surface area contributed by atoms with E-state index in [0.717, 1.165) is 18.4 Å². The molecule has 0 fully saturated rings. The standard InChI is InChI=1S/C12H17ClO2S/c1-11-6-5-7-12(10-11)16(14,15)9-4-2-3-8-13/h5-7,10H,2-4,8-9H2,1H3. The molecule has 4 heteroatoms. The van der Waals surface area contributed by atoms with Gasteiger partial charge >= 0.3 is 0 Å². The molecule has 0 N–H and O–H groups in total. The lowest BCUT2D eigenvalue weighted by Gasteiger charge is -2.04. The quantitative estimate of drug-likeness (QED) is 0.582. The van der Waals surface area contributed by atoms with Crippen LogP contribution in [-0.2, 0) is 9.84 Å². The fraction of sp³-hybridized carbons (Fsp3) is 0.500. The molecule has 0 bridgehead atoms. The van der Waals surface area contributed by atoms with E-state index < -0.39 is 9.84 Å². The molecule has 1 aromatic rings. The highest BCUT2D eigenvalue weighted by atomic mass is 35.5. The third-order valence-electron chi connectivity index (χ3n) is 2.40. The number of sulfone groups is 1. The summed E-state index contributed by atoms with van der Waals surface area (Å²) >= 11 is 5.54. The molecule has 90 valence electrons. The van der Waals surface area contributed by atoms with Gasteiger partial charge in [0.25, 0.3) is 0 Å². The molecule has 0 heterocycles. The minimum Gasteiger partial charge on any atom is -0.224 e. The zero-order valence-corrected chi connectivity index (χ0v) is 11.0. The summed E-state index contributed by atoms with van der Waals surface area (Å²) in [5.74, 6) is 0.817. The number of rotatable bonds is 6. The van der Waals surface area contributed by atoms with Crippen molar-refractivity contribution in [3.8, 4) is 0 Å². The zero-order chi connectivity index (χ0) is 12.0. The van der Waals surface area contributed by atoms with E-state index in [1.54, 1.807) is 18.2 Å². The van der Waals surface area contributed by atoms with Gasteiger partial charge in [0.15, 0.2) is 9.84 Å². The highest BCUT2D eigenvalue weighted by Crippen LogP contribution is 2.14. The van der Waals surface area contributed by atoms with Crippen molar-refractivity contribution in [2.45, 2.75) is 31.1 Å². The van der Waals surface area contributed by atoms with Gasteiger partial charge in [0.05, 0.1) is 10.6 Å². The summed E-state index contributed by atoms with van der Waals surface area (Å²) in [5.41, 5.74) is 0.974. The number of halogens is 1. The zero-order valence-electron chi connectivity index (χ0n) is 9.45. The highest BCUT2D eigenvalue weighted by Gasteiger charge is 2.13. The van der Waals surface area contributed by atoms with Crippen LogP contribution >= 0.6 is 11.6 Å². The predicted octanol–water partition coefficient (Wildman–Crippen LogP) is 3.18. The minimum absolute atomic E-state index is 0.216. The van der Waals surface area contributed by atoms with Gasteiger partial charge in [0.2, 0.25) is 0 Å². The van der Waals surface area contributed by atoms with Crippen molar-refractivity contribution in [3.63, 3.8) is 0 Å². The molecule has 0 saturated carbocycles. The maximum absolute atomic E-state index is 11.9. The Bertz CT molecular complexity index is 426. The van der Waals surface area contributed by atoms with Crippen molar-refractivity contribution >= 4 is 21.4 Å². The van der Waals surface area contributed by atoms with Crippen LogP contribution in [0.1, 0.15) is 24.8 Å². The fourth-order valence-electron chi connectivity index (χ4n) is 1.49. The van der Waals surface area contributed by atoms with Gasteiger partial charge in [-0.3, -0.25) is 0 Å². The van der Waals surface area contributed by atoms with Crippen LogP contribution in [0.5, 0.6) is 0 Å². The molecule has 0 amide bonds. The van der Waals surface area contributed by atoms with Crippen LogP contribution in [0.4, 0.5) is 0 Å². The van der Waals surface area contributed by atoms with Crippen molar-refractivity contribution in [2.75, 3.05) is 11.6 Å². The van der Waals surface area contributed by atoms with E-state index in [2.05, 4.69) is 0 Å². The molecule has 1 aromatic carbocycles. The minimum atomic E-state index is -3.11. The average molecular weight is 261 g/mol. The molecular weight excluding hydrogens is 244 g/mol. The Morgan fingerprint density at radius 1 is 1.19 bits per heavy atom. The number of hydrogen-bond donors (Lipinski definition) is 0. The van der Waals surface area contributed by atoms with E-state index in [1.807, 2.05) is 13.0 Å². The second-order valence-electron chi connectivity index (χ2n) is 3.89. The van der Waals surface area contributed by atoms with E-state index in [4.69, 9.17) is 11.6 Å². The molecule has 1 rings (SSSR count). The van der Waals surface area contributed by atoms with Crippen LogP contribution in [0.15, 0.2) is 29.2 Å².